The first kappa shape index (κ1) is 18.4. The van der Waals surface area contributed by atoms with E-state index in [9.17, 15) is 9.59 Å². The summed E-state index contributed by atoms with van der Waals surface area (Å²) in [5, 5.41) is 18.6. The number of nitrogens with one attached hydrogen (secondary N) is 1. The number of rotatable bonds is 2. The molecule has 0 aliphatic heterocycles. The first-order valence-electron chi connectivity index (χ1n) is 6.29. The average molecular weight is 292 g/mol. The number of hydrogen-bond donors (Lipinski definition) is 2. The highest BCUT2D eigenvalue weighted by atomic mass is 16.6. The van der Waals surface area contributed by atoms with E-state index in [1.54, 1.807) is 20.8 Å². The summed E-state index contributed by atoms with van der Waals surface area (Å²) < 4.78 is 4.77. The van der Waals surface area contributed by atoms with Gasteiger partial charge < -0.3 is 15.2 Å². The zero-order valence-corrected chi connectivity index (χ0v) is 12.6. The highest BCUT2D eigenvalue weighted by molar-refractivity contribution is 5.76. The maximum atomic E-state index is 10.8. The molecule has 0 aliphatic carbocycles. The van der Waals surface area contributed by atoms with Crippen LogP contribution < -0.4 is 5.32 Å². The van der Waals surface area contributed by atoms with Crippen molar-refractivity contribution < 1.29 is 19.4 Å². The molecule has 6 nitrogen and oxygen atoms in total. The number of carbonyl (C=O) groups is 2. The Bertz CT molecular complexity index is 510. The number of carboxylic acid groups (broad SMARTS) is 1. The van der Waals surface area contributed by atoms with Gasteiger partial charge in [-0.15, -0.1) is 0 Å². The molecule has 0 saturated heterocycles. The van der Waals surface area contributed by atoms with Crippen LogP contribution in [0, 0.1) is 18.3 Å². The number of benzene rings is 1. The number of aryl methyl sites for hydroxylation is 1. The van der Waals surface area contributed by atoms with Crippen molar-refractivity contribution in [3.63, 3.8) is 0 Å². The predicted octanol–water partition coefficient (Wildman–Crippen LogP) is 2.46. The third-order valence-corrected chi connectivity index (χ3v) is 1.96. The maximum Gasteiger partial charge on any atom is 0.408 e. The molecule has 1 aromatic rings. The normalized spacial score (nSPS) is 9.67. The summed E-state index contributed by atoms with van der Waals surface area (Å²) in [6, 6.07) is 9.54. The number of carbonyl (C=O) groups excluding carboxylic acids is 1. The van der Waals surface area contributed by atoms with Crippen LogP contribution in [0.1, 0.15) is 31.9 Å². The van der Waals surface area contributed by atoms with Crippen molar-refractivity contribution in [2.24, 2.45) is 0 Å². The Labute approximate surface area is 124 Å². The van der Waals surface area contributed by atoms with E-state index in [1.165, 1.54) is 5.56 Å². The monoisotopic (exact) mass is 292 g/mol. The Kier molecular flexibility index (Phi) is 7.54. The zero-order valence-electron chi connectivity index (χ0n) is 12.6. The Morgan fingerprint density at radius 1 is 1.29 bits per heavy atom. The molecule has 1 amide bonds. The van der Waals surface area contributed by atoms with Gasteiger partial charge in [-0.1, -0.05) is 17.7 Å². The Morgan fingerprint density at radius 2 is 1.81 bits per heavy atom. The van der Waals surface area contributed by atoms with Crippen LogP contribution in [-0.2, 0) is 9.53 Å². The minimum atomic E-state index is -1.10. The number of aliphatic carboxylic acids is 1. The largest absolute Gasteiger partial charge is 0.480 e. The van der Waals surface area contributed by atoms with Gasteiger partial charge in [-0.05, 0) is 39.8 Å². The van der Waals surface area contributed by atoms with E-state index in [0.29, 0.717) is 0 Å². The molecule has 114 valence electrons. The highest BCUT2D eigenvalue weighted by Crippen LogP contribution is 2.05. The summed E-state index contributed by atoms with van der Waals surface area (Å²) in [4.78, 5) is 20.8. The molecule has 0 fully saturated rings. The zero-order chi connectivity index (χ0) is 16.5. The second kappa shape index (κ2) is 8.59. The van der Waals surface area contributed by atoms with Gasteiger partial charge in [-0.2, -0.15) is 5.26 Å². The molecular formula is C15H20N2O4. The standard InChI is InChI=1S/C8H7N.C7H13NO4/c1-7-2-4-8(6-9)5-3-7;1-7(2,3)12-6(11)8-4-5(9)10/h2-5H,1H3;4H2,1-3H3,(H,8,11)(H,9,10). The first-order valence-corrected chi connectivity index (χ1v) is 6.29. The summed E-state index contributed by atoms with van der Waals surface area (Å²) in [6.45, 7) is 6.68. The van der Waals surface area contributed by atoms with Crippen LogP contribution in [0.3, 0.4) is 0 Å². The predicted molar refractivity (Wildman–Crippen MR) is 77.8 cm³/mol. The number of alkyl carbamates (subject to hydrolysis) is 1. The summed E-state index contributed by atoms with van der Waals surface area (Å²) in [6.07, 6.45) is -0.718. The van der Waals surface area contributed by atoms with Gasteiger partial charge >= 0.3 is 12.1 Å². The molecule has 0 aromatic heterocycles. The van der Waals surface area contributed by atoms with Crippen molar-refractivity contribution >= 4 is 12.1 Å². The van der Waals surface area contributed by atoms with Crippen LogP contribution in [-0.4, -0.2) is 29.3 Å². The minimum absolute atomic E-state index is 0.422. The molecule has 0 radical (unpaired) electrons. The molecule has 2 N–H and O–H groups in total. The van der Waals surface area contributed by atoms with Crippen molar-refractivity contribution in [1.29, 1.82) is 5.26 Å². The molecule has 0 bridgehead atoms. The van der Waals surface area contributed by atoms with E-state index >= 15 is 0 Å². The van der Waals surface area contributed by atoms with Crippen LogP contribution in [0.15, 0.2) is 24.3 Å². The van der Waals surface area contributed by atoms with Gasteiger partial charge in [0.05, 0.1) is 11.6 Å². The number of nitrogens with zero attached hydrogens (tertiary/aromatic N) is 1. The number of ether oxygens (including phenoxy) is 1. The van der Waals surface area contributed by atoms with Crippen LogP contribution >= 0.6 is 0 Å². The summed E-state index contributed by atoms with van der Waals surface area (Å²) in [5.41, 5.74) is 1.32. The van der Waals surface area contributed by atoms with Crippen LogP contribution in [0.5, 0.6) is 0 Å². The van der Waals surface area contributed by atoms with Gasteiger partial charge in [-0.25, -0.2) is 4.79 Å². The second-order valence-corrected chi connectivity index (χ2v) is 5.23. The molecule has 0 heterocycles. The average Bonchev–Trinajstić information content (AvgIpc) is 2.36. The maximum absolute atomic E-state index is 10.8. The van der Waals surface area contributed by atoms with Crippen molar-refractivity contribution in [3.05, 3.63) is 35.4 Å². The molecule has 6 heteroatoms. The molecule has 0 unspecified atom stereocenters. The number of carboxylic acids is 1. The molecule has 0 atom stereocenters. The lowest BCUT2D eigenvalue weighted by Gasteiger charge is -2.19. The summed E-state index contributed by atoms with van der Waals surface area (Å²) in [5.74, 6) is -1.10. The molecule has 1 aromatic carbocycles. The second-order valence-electron chi connectivity index (χ2n) is 5.23. The van der Waals surface area contributed by atoms with E-state index in [2.05, 4.69) is 11.4 Å². The summed E-state index contributed by atoms with van der Waals surface area (Å²) in [7, 11) is 0. The summed E-state index contributed by atoms with van der Waals surface area (Å²) >= 11 is 0. The van der Waals surface area contributed by atoms with Gasteiger partial charge in [0, 0.05) is 0 Å². The quantitative estimate of drug-likeness (QED) is 0.872. The van der Waals surface area contributed by atoms with Gasteiger partial charge in [0.2, 0.25) is 0 Å². The smallest absolute Gasteiger partial charge is 0.408 e. The van der Waals surface area contributed by atoms with Crippen molar-refractivity contribution in [3.8, 4) is 6.07 Å². The molecule has 0 saturated carbocycles. The van der Waals surface area contributed by atoms with Gasteiger partial charge in [0.15, 0.2) is 0 Å². The lowest BCUT2D eigenvalue weighted by Crippen LogP contribution is -2.35. The fourth-order valence-corrected chi connectivity index (χ4v) is 1.09. The first-order chi connectivity index (χ1) is 9.64. The Morgan fingerprint density at radius 3 is 2.19 bits per heavy atom. The Hall–Kier alpha value is -2.55. The SMILES string of the molecule is CC(C)(C)OC(=O)NCC(=O)O.Cc1ccc(C#N)cc1. The topological polar surface area (TPSA) is 99.4 Å². The minimum Gasteiger partial charge on any atom is -0.480 e. The third kappa shape index (κ3) is 11.0. The van der Waals surface area contributed by atoms with Crippen LogP contribution in [0.2, 0.25) is 0 Å². The molecule has 21 heavy (non-hydrogen) atoms. The Balaban J connectivity index is 0.000000394. The van der Waals surface area contributed by atoms with E-state index in [4.69, 9.17) is 15.1 Å². The highest BCUT2D eigenvalue weighted by Gasteiger charge is 2.16. The lowest BCUT2D eigenvalue weighted by molar-refractivity contribution is -0.136. The fourth-order valence-electron chi connectivity index (χ4n) is 1.09. The van der Waals surface area contributed by atoms with E-state index in [0.717, 1.165) is 5.56 Å². The van der Waals surface area contributed by atoms with E-state index in [-0.39, 0.29) is 0 Å². The molecular weight excluding hydrogens is 272 g/mol. The van der Waals surface area contributed by atoms with Crippen LogP contribution in [0.4, 0.5) is 4.79 Å². The van der Waals surface area contributed by atoms with Crippen molar-refractivity contribution in [1.82, 2.24) is 5.32 Å². The van der Waals surface area contributed by atoms with E-state index in [1.807, 2.05) is 31.2 Å². The van der Waals surface area contributed by atoms with E-state index < -0.39 is 24.2 Å². The van der Waals surface area contributed by atoms with Gasteiger partial charge in [0.1, 0.15) is 12.1 Å². The van der Waals surface area contributed by atoms with Gasteiger partial charge in [-0.3, -0.25) is 4.79 Å². The fraction of sp³-hybridized carbons (Fsp3) is 0.400. The molecule has 1 rings (SSSR count). The third-order valence-electron chi connectivity index (χ3n) is 1.96. The number of amides is 1. The number of nitriles is 1. The molecule has 0 aliphatic rings. The molecule has 0 spiro atoms. The van der Waals surface area contributed by atoms with Crippen molar-refractivity contribution in [2.75, 3.05) is 6.54 Å². The number of hydrogen-bond acceptors (Lipinski definition) is 4. The van der Waals surface area contributed by atoms with Crippen molar-refractivity contribution in [2.45, 2.75) is 33.3 Å². The lowest BCUT2D eigenvalue weighted by atomic mass is 10.2. The van der Waals surface area contributed by atoms with Crippen LogP contribution in [0.25, 0.3) is 0 Å². The van der Waals surface area contributed by atoms with Gasteiger partial charge in [0.25, 0.3) is 0 Å².